The Morgan fingerprint density at radius 2 is 1.59 bits per heavy atom. The van der Waals surface area contributed by atoms with Gasteiger partial charge in [-0.25, -0.2) is 9.97 Å². The molecule has 0 saturated carbocycles. The first-order chi connectivity index (χ1) is 13.1. The molecule has 0 spiro atoms. The molecule has 0 bridgehead atoms. The van der Waals surface area contributed by atoms with Gasteiger partial charge in [-0.05, 0) is 68.4 Å². The third-order valence-corrected chi connectivity index (χ3v) is 4.20. The summed E-state index contributed by atoms with van der Waals surface area (Å²) in [6.07, 6.45) is 1.88. The van der Waals surface area contributed by atoms with Crippen molar-refractivity contribution < 1.29 is 4.79 Å². The van der Waals surface area contributed by atoms with Crippen molar-refractivity contribution in [2.75, 3.05) is 10.6 Å². The van der Waals surface area contributed by atoms with Gasteiger partial charge < -0.3 is 15.6 Å². The van der Waals surface area contributed by atoms with Gasteiger partial charge >= 0.3 is 0 Å². The number of aromatic amines is 1. The fraction of sp³-hybridized carbons (Fsp3) is 0.0952. The number of rotatable bonds is 4. The minimum Gasteiger partial charge on any atom is -0.361 e. The average molecular weight is 357 g/mol. The molecule has 0 aliphatic carbocycles. The second-order valence-corrected chi connectivity index (χ2v) is 6.41. The van der Waals surface area contributed by atoms with Gasteiger partial charge in [0.25, 0.3) is 5.91 Å². The number of carbonyl (C=O) groups excluding carboxylic acids is 1. The van der Waals surface area contributed by atoms with Gasteiger partial charge in [0.05, 0.1) is 0 Å². The van der Waals surface area contributed by atoms with E-state index in [0.717, 1.165) is 33.7 Å². The molecule has 0 radical (unpaired) electrons. The van der Waals surface area contributed by atoms with Crippen LogP contribution >= 0.6 is 0 Å². The summed E-state index contributed by atoms with van der Waals surface area (Å²) in [4.78, 5) is 24.3. The minimum atomic E-state index is -0.154. The normalized spacial score (nSPS) is 10.7. The van der Waals surface area contributed by atoms with E-state index in [1.807, 2.05) is 62.5 Å². The van der Waals surface area contributed by atoms with E-state index in [9.17, 15) is 4.79 Å². The predicted octanol–water partition coefficient (Wildman–Crippen LogP) is 4.57. The molecule has 6 heteroatoms. The molecule has 2 aromatic carbocycles. The number of aryl methyl sites for hydroxylation is 2. The van der Waals surface area contributed by atoms with E-state index in [0.29, 0.717) is 11.5 Å². The summed E-state index contributed by atoms with van der Waals surface area (Å²) in [6.45, 7) is 3.86. The Morgan fingerprint density at radius 3 is 2.33 bits per heavy atom. The van der Waals surface area contributed by atoms with E-state index in [4.69, 9.17) is 0 Å². The Kier molecular flexibility index (Phi) is 4.30. The standard InChI is InChI=1S/C21H19N5O/c1-13-11-14(2)24-21(23-13)26-17-5-3-15(4-6-17)20(27)25-18-7-8-19-16(12-18)9-10-22-19/h3-12,22H,1-2H3,(H,25,27)(H,23,24,26). The van der Waals surface area contributed by atoms with E-state index in [1.54, 1.807) is 12.1 Å². The summed E-state index contributed by atoms with van der Waals surface area (Å²) in [6, 6.07) is 16.9. The number of carbonyl (C=O) groups is 1. The van der Waals surface area contributed by atoms with Gasteiger partial charge in [-0.1, -0.05) is 0 Å². The van der Waals surface area contributed by atoms with Crippen LogP contribution in [0.4, 0.5) is 17.3 Å². The molecular weight excluding hydrogens is 338 g/mol. The molecule has 6 nitrogen and oxygen atoms in total. The third-order valence-electron chi connectivity index (χ3n) is 4.20. The number of hydrogen-bond donors (Lipinski definition) is 3. The Labute approximate surface area is 156 Å². The lowest BCUT2D eigenvalue weighted by Gasteiger charge is -2.08. The molecule has 134 valence electrons. The lowest BCUT2D eigenvalue weighted by atomic mass is 10.1. The summed E-state index contributed by atoms with van der Waals surface area (Å²) in [7, 11) is 0. The summed E-state index contributed by atoms with van der Waals surface area (Å²) in [5.41, 5.74) is 5.01. The van der Waals surface area contributed by atoms with Gasteiger partial charge in [0.15, 0.2) is 0 Å². The van der Waals surface area contributed by atoms with Crippen LogP contribution in [0.25, 0.3) is 10.9 Å². The van der Waals surface area contributed by atoms with Gasteiger partial charge in [-0.15, -0.1) is 0 Å². The van der Waals surface area contributed by atoms with Gasteiger partial charge in [-0.3, -0.25) is 4.79 Å². The molecule has 3 N–H and O–H groups in total. The maximum atomic E-state index is 12.5. The summed E-state index contributed by atoms with van der Waals surface area (Å²) in [5, 5.41) is 7.14. The minimum absolute atomic E-state index is 0.154. The largest absolute Gasteiger partial charge is 0.361 e. The van der Waals surface area contributed by atoms with Gasteiger partial charge in [0.1, 0.15) is 0 Å². The highest BCUT2D eigenvalue weighted by molar-refractivity contribution is 6.05. The van der Waals surface area contributed by atoms with Crippen molar-refractivity contribution in [2.24, 2.45) is 0 Å². The number of amides is 1. The summed E-state index contributed by atoms with van der Waals surface area (Å²) >= 11 is 0. The topological polar surface area (TPSA) is 82.7 Å². The molecule has 0 atom stereocenters. The van der Waals surface area contributed by atoms with Crippen LogP contribution < -0.4 is 10.6 Å². The van der Waals surface area contributed by atoms with Crippen LogP contribution in [-0.4, -0.2) is 20.9 Å². The number of nitrogens with zero attached hydrogens (tertiary/aromatic N) is 2. The second-order valence-electron chi connectivity index (χ2n) is 6.41. The number of nitrogens with one attached hydrogen (secondary N) is 3. The molecule has 0 aliphatic rings. The second kappa shape index (κ2) is 6.92. The molecule has 4 aromatic rings. The zero-order chi connectivity index (χ0) is 18.8. The highest BCUT2D eigenvalue weighted by atomic mass is 16.1. The van der Waals surface area contributed by atoms with Crippen LogP contribution in [0, 0.1) is 13.8 Å². The number of hydrogen-bond acceptors (Lipinski definition) is 4. The van der Waals surface area contributed by atoms with Gasteiger partial charge in [0, 0.05) is 45.4 Å². The number of aromatic nitrogens is 3. The van der Waals surface area contributed by atoms with Crippen LogP contribution in [0.3, 0.4) is 0 Å². The molecule has 0 saturated heterocycles. The maximum absolute atomic E-state index is 12.5. The molecule has 1 amide bonds. The Hall–Kier alpha value is -3.67. The highest BCUT2D eigenvalue weighted by Gasteiger charge is 2.08. The van der Waals surface area contributed by atoms with Crippen molar-refractivity contribution in [1.82, 2.24) is 15.0 Å². The van der Waals surface area contributed by atoms with E-state index in [2.05, 4.69) is 25.6 Å². The van der Waals surface area contributed by atoms with E-state index in [-0.39, 0.29) is 5.91 Å². The predicted molar refractivity (Wildman–Crippen MR) is 107 cm³/mol. The van der Waals surface area contributed by atoms with Crippen LogP contribution in [0.1, 0.15) is 21.7 Å². The zero-order valence-electron chi connectivity index (χ0n) is 15.1. The first-order valence-electron chi connectivity index (χ1n) is 8.65. The lowest BCUT2D eigenvalue weighted by molar-refractivity contribution is 0.102. The van der Waals surface area contributed by atoms with E-state index >= 15 is 0 Å². The molecule has 0 unspecified atom stereocenters. The van der Waals surface area contributed by atoms with Crippen molar-refractivity contribution in [2.45, 2.75) is 13.8 Å². The Morgan fingerprint density at radius 1 is 0.889 bits per heavy atom. The quantitative estimate of drug-likeness (QED) is 0.500. The Balaban J connectivity index is 1.46. The maximum Gasteiger partial charge on any atom is 0.255 e. The SMILES string of the molecule is Cc1cc(C)nc(Nc2ccc(C(=O)Nc3ccc4[nH]ccc4c3)cc2)n1. The summed E-state index contributed by atoms with van der Waals surface area (Å²) in [5.74, 6) is 0.392. The number of anilines is 3. The molecule has 2 heterocycles. The average Bonchev–Trinajstić information content (AvgIpc) is 3.09. The van der Waals surface area contributed by atoms with Crippen LogP contribution in [0.5, 0.6) is 0 Å². The monoisotopic (exact) mass is 357 g/mol. The van der Waals surface area contributed by atoms with Crippen LogP contribution in [0.15, 0.2) is 60.8 Å². The van der Waals surface area contributed by atoms with E-state index < -0.39 is 0 Å². The first-order valence-corrected chi connectivity index (χ1v) is 8.65. The van der Waals surface area contributed by atoms with Gasteiger partial charge in [-0.2, -0.15) is 0 Å². The van der Waals surface area contributed by atoms with Gasteiger partial charge in [0.2, 0.25) is 5.95 Å². The van der Waals surface area contributed by atoms with Crippen molar-refractivity contribution in [3.63, 3.8) is 0 Å². The molecule has 2 aromatic heterocycles. The number of H-pyrrole nitrogens is 1. The third kappa shape index (κ3) is 3.79. The smallest absolute Gasteiger partial charge is 0.255 e. The van der Waals surface area contributed by atoms with Crippen molar-refractivity contribution >= 4 is 34.1 Å². The van der Waals surface area contributed by atoms with E-state index in [1.165, 1.54) is 0 Å². The molecule has 0 fully saturated rings. The molecule has 27 heavy (non-hydrogen) atoms. The summed E-state index contributed by atoms with van der Waals surface area (Å²) < 4.78 is 0. The number of benzene rings is 2. The van der Waals surface area contributed by atoms with Crippen molar-refractivity contribution in [1.29, 1.82) is 0 Å². The zero-order valence-corrected chi connectivity index (χ0v) is 15.1. The van der Waals surface area contributed by atoms with Crippen LogP contribution in [0.2, 0.25) is 0 Å². The lowest BCUT2D eigenvalue weighted by Crippen LogP contribution is -2.11. The van der Waals surface area contributed by atoms with Crippen LogP contribution in [-0.2, 0) is 0 Å². The fourth-order valence-corrected chi connectivity index (χ4v) is 2.95. The van der Waals surface area contributed by atoms with Crippen molar-refractivity contribution in [3.8, 4) is 0 Å². The molecular formula is C21H19N5O. The first kappa shape index (κ1) is 16.8. The number of fused-ring (bicyclic) bond motifs is 1. The molecule has 4 rings (SSSR count). The highest BCUT2D eigenvalue weighted by Crippen LogP contribution is 2.19. The van der Waals surface area contributed by atoms with Crippen molar-refractivity contribution in [3.05, 3.63) is 77.7 Å². The molecule has 0 aliphatic heterocycles. The fourth-order valence-electron chi connectivity index (χ4n) is 2.95. The Bertz CT molecular complexity index is 1090.